The number of amides is 3. The molecule has 1 saturated heterocycles. The summed E-state index contributed by atoms with van der Waals surface area (Å²) < 4.78 is 0.149. The number of carbonyl (C=O) groups excluding carboxylic acids is 3. The van der Waals surface area contributed by atoms with Crippen LogP contribution in [0, 0.1) is 0 Å². The smallest absolute Gasteiger partial charge is 0.284 e. The monoisotopic (exact) mass is 411 g/mol. The Balaban J connectivity index is 1.55. The van der Waals surface area contributed by atoms with E-state index in [1.54, 1.807) is 12.1 Å². The fourth-order valence-electron chi connectivity index (χ4n) is 2.94. The first-order chi connectivity index (χ1) is 13.4. The number of phenolic OH excluding ortho intramolecular Hbond substituents is 1. The van der Waals surface area contributed by atoms with E-state index in [1.807, 2.05) is 18.2 Å². The average molecular weight is 411 g/mol. The minimum Gasteiger partial charge on any atom is -0.508 e. The molecule has 0 saturated carbocycles. The number of rotatable bonds is 3. The Morgan fingerprint density at radius 3 is 2.79 bits per heavy atom. The lowest BCUT2D eigenvalue weighted by atomic mass is 10.0. The van der Waals surface area contributed by atoms with Gasteiger partial charge in [-0.15, -0.1) is 0 Å². The maximum absolute atomic E-state index is 12.7. The van der Waals surface area contributed by atoms with E-state index in [4.69, 9.17) is 12.2 Å². The van der Waals surface area contributed by atoms with Crippen molar-refractivity contribution in [1.82, 2.24) is 10.4 Å². The highest BCUT2D eigenvalue weighted by atomic mass is 32.2. The third-order valence-corrected chi connectivity index (χ3v) is 5.59. The average Bonchev–Trinajstić information content (AvgIpc) is 3.13. The van der Waals surface area contributed by atoms with Gasteiger partial charge in [0.05, 0.1) is 10.8 Å². The third-order valence-electron chi connectivity index (χ3n) is 4.27. The van der Waals surface area contributed by atoms with Gasteiger partial charge in [-0.3, -0.25) is 19.8 Å². The zero-order chi connectivity index (χ0) is 19.8. The van der Waals surface area contributed by atoms with Crippen LogP contribution in [0.3, 0.4) is 0 Å². The SMILES string of the molecule is O=C(NN1C(=O)C(=CC2C(=O)Nc3ccccc32)SC1=S)c1cccc(O)c1. The lowest BCUT2D eigenvalue weighted by molar-refractivity contribution is -0.123. The van der Waals surface area contributed by atoms with Crippen molar-refractivity contribution in [3.8, 4) is 5.75 Å². The summed E-state index contributed by atoms with van der Waals surface area (Å²) in [5.74, 6) is -2.00. The lowest BCUT2D eigenvalue weighted by Crippen LogP contribution is -2.44. The van der Waals surface area contributed by atoms with Crippen molar-refractivity contribution in [3.05, 3.63) is 70.6 Å². The van der Waals surface area contributed by atoms with Crippen molar-refractivity contribution in [2.45, 2.75) is 5.92 Å². The maximum Gasteiger partial charge on any atom is 0.284 e. The zero-order valence-electron chi connectivity index (χ0n) is 14.2. The van der Waals surface area contributed by atoms with E-state index in [1.165, 1.54) is 24.3 Å². The van der Waals surface area contributed by atoms with Crippen LogP contribution in [0.2, 0.25) is 0 Å². The molecule has 7 nitrogen and oxygen atoms in total. The van der Waals surface area contributed by atoms with Gasteiger partial charge in [0.15, 0.2) is 4.32 Å². The second-order valence-corrected chi connectivity index (χ2v) is 7.76. The van der Waals surface area contributed by atoms with Crippen LogP contribution in [0.1, 0.15) is 21.8 Å². The van der Waals surface area contributed by atoms with E-state index in [0.717, 1.165) is 22.3 Å². The highest BCUT2D eigenvalue weighted by Gasteiger charge is 2.37. The predicted molar refractivity (Wildman–Crippen MR) is 109 cm³/mol. The molecule has 2 aliphatic heterocycles. The number of thioether (sulfide) groups is 1. The fraction of sp³-hybridized carbons (Fsp3) is 0.0526. The molecule has 1 unspecified atom stereocenters. The number of fused-ring (bicyclic) bond motifs is 1. The zero-order valence-corrected chi connectivity index (χ0v) is 15.8. The van der Waals surface area contributed by atoms with Crippen LogP contribution in [0.25, 0.3) is 0 Å². The van der Waals surface area contributed by atoms with Crippen LogP contribution < -0.4 is 10.7 Å². The van der Waals surface area contributed by atoms with Gasteiger partial charge in [-0.2, -0.15) is 5.01 Å². The molecule has 1 fully saturated rings. The van der Waals surface area contributed by atoms with Crippen molar-refractivity contribution in [3.63, 3.8) is 0 Å². The van der Waals surface area contributed by atoms with E-state index in [0.29, 0.717) is 5.69 Å². The van der Waals surface area contributed by atoms with Crippen molar-refractivity contribution in [2.75, 3.05) is 5.32 Å². The van der Waals surface area contributed by atoms with Gasteiger partial charge in [-0.1, -0.05) is 36.0 Å². The van der Waals surface area contributed by atoms with E-state index >= 15 is 0 Å². The number of benzene rings is 2. The Bertz CT molecular complexity index is 1070. The molecule has 0 spiro atoms. The van der Waals surface area contributed by atoms with Crippen molar-refractivity contribution in [2.24, 2.45) is 0 Å². The first-order valence-electron chi connectivity index (χ1n) is 8.22. The van der Waals surface area contributed by atoms with E-state index in [-0.39, 0.29) is 26.4 Å². The molecule has 28 heavy (non-hydrogen) atoms. The Kier molecular flexibility index (Phi) is 4.62. The topological polar surface area (TPSA) is 98.7 Å². The van der Waals surface area contributed by atoms with Crippen molar-refractivity contribution >= 4 is 51.7 Å². The predicted octanol–water partition coefficient (Wildman–Crippen LogP) is 2.52. The summed E-state index contributed by atoms with van der Waals surface area (Å²) in [6.45, 7) is 0. The Hall–Kier alpha value is -3.17. The van der Waals surface area contributed by atoms with Gasteiger partial charge in [0.2, 0.25) is 5.91 Å². The molecule has 9 heteroatoms. The summed E-state index contributed by atoms with van der Waals surface area (Å²) >= 11 is 6.21. The molecule has 2 aliphatic rings. The molecule has 2 heterocycles. The van der Waals surface area contributed by atoms with Gasteiger partial charge in [0.25, 0.3) is 11.8 Å². The number of nitrogens with one attached hydrogen (secondary N) is 2. The van der Waals surface area contributed by atoms with Crippen LogP contribution in [-0.4, -0.2) is 32.2 Å². The second kappa shape index (κ2) is 7.10. The molecule has 0 radical (unpaired) electrons. The van der Waals surface area contributed by atoms with Crippen LogP contribution in [0.5, 0.6) is 5.75 Å². The van der Waals surface area contributed by atoms with Crippen LogP contribution >= 0.6 is 24.0 Å². The Labute approximate surface area is 169 Å². The number of para-hydroxylation sites is 1. The largest absolute Gasteiger partial charge is 0.508 e. The van der Waals surface area contributed by atoms with Gasteiger partial charge in [0, 0.05) is 11.3 Å². The third kappa shape index (κ3) is 3.25. The molecule has 0 aliphatic carbocycles. The standard InChI is InChI=1S/C19H13N3O4S2/c23-11-5-3-4-10(8-11)16(24)21-22-18(26)15(28-19(22)27)9-13-12-6-1-2-7-14(12)20-17(13)25/h1-9,13,23H,(H,20,25)(H,21,24). The number of thiocarbonyl (C=S) groups is 1. The summed E-state index contributed by atoms with van der Waals surface area (Å²) in [5, 5.41) is 13.2. The molecule has 4 rings (SSSR count). The van der Waals surface area contributed by atoms with E-state index in [9.17, 15) is 19.5 Å². The second-order valence-electron chi connectivity index (χ2n) is 6.08. The number of anilines is 1. The summed E-state index contributed by atoms with van der Waals surface area (Å²) in [4.78, 5) is 37.6. The molecule has 0 bridgehead atoms. The van der Waals surface area contributed by atoms with Crippen molar-refractivity contribution < 1.29 is 19.5 Å². The van der Waals surface area contributed by atoms with Crippen LogP contribution in [-0.2, 0) is 9.59 Å². The number of carbonyl (C=O) groups is 3. The van der Waals surface area contributed by atoms with Gasteiger partial charge >= 0.3 is 0 Å². The lowest BCUT2D eigenvalue weighted by Gasteiger charge is -2.15. The maximum atomic E-state index is 12.7. The highest BCUT2D eigenvalue weighted by Crippen LogP contribution is 2.38. The summed E-state index contributed by atoms with van der Waals surface area (Å²) in [5.41, 5.74) is 4.11. The molecule has 0 aromatic heterocycles. The van der Waals surface area contributed by atoms with E-state index in [2.05, 4.69) is 10.7 Å². The quantitative estimate of drug-likeness (QED) is 0.530. The molecular formula is C19H13N3O4S2. The molecule has 2 aromatic rings. The number of nitrogens with zero attached hydrogens (tertiary/aromatic N) is 1. The number of hydrazine groups is 1. The summed E-state index contributed by atoms with van der Waals surface area (Å²) in [7, 11) is 0. The number of hydrogen-bond donors (Lipinski definition) is 3. The number of aromatic hydroxyl groups is 1. The highest BCUT2D eigenvalue weighted by molar-refractivity contribution is 8.26. The molecule has 3 amide bonds. The normalized spacial score (nSPS) is 19.7. The molecular weight excluding hydrogens is 398 g/mol. The Morgan fingerprint density at radius 2 is 2.00 bits per heavy atom. The first-order valence-corrected chi connectivity index (χ1v) is 9.44. The van der Waals surface area contributed by atoms with Gasteiger partial charge in [-0.05, 0) is 48.1 Å². The Morgan fingerprint density at radius 1 is 1.21 bits per heavy atom. The minimum absolute atomic E-state index is 0.0659. The molecule has 2 aromatic carbocycles. The first kappa shape index (κ1) is 18.2. The number of phenols is 1. The molecule has 140 valence electrons. The summed E-state index contributed by atoms with van der Waals surface area (Å²) in [6.07, 6.45) is 1.56. The molecule has 3 N–H and O–H groups in total. The van der Waals surface area contributed by atoms with Crippen LogP contribution in [0.15, 0.2) is 59.5 Å². The van der Waals surface area contributed by atoms with Gasteiger partial charge < -0.3 is 10.4 Å². The summed E-state index contributed by atoms with van der Waals surface area (Å²) in [6, 6.07) is 13.0. The minimum atomic E-state index is -0.604. The fourth-order valence-corrected chi connectivity index (χ4v) is 4.13. The van der Waals surface area contributed by atoms with Gasteiger partial charge in [0.1, 0.15) is 5.75 Å². The van der Waals surface area contributed by atoms with Gasteiger partial charge in [-0.25, -0.2) is 0 Å². The number of hydrogen-bond acceptors (Lipinski definition) is 6. The van der Waals surface area contributed by atoms with Crippen LogP contribution in [0.4, 0.5) is 5.69 Å². The van der Waals surface area contributed by atoms with E-state index < -0.39 is 17.7 Å². The van der Waals surface area contributed by atoms with Crippen molar-refractivity contribution in [1.29, 1.82) is 0 Å². The molecule has 1 atom stereocenters.